The second-order valence-corrected chi connectivity index (χ2v) is 23.8. The number of nitrogens with one attached hydrogen (secondary N) is 4. The Labute approximate surface area is 347 Å². The predicted molar refractivity (Wildman–Crippen MR) is 238 cm³/mol. The minimum atomic E-state index is -2.07. The van der Waals surface area contributed by atoms with E-state index in [4.69, 9.17) is 25.3 Å². The summed E-state index contributed by atoms with van der Waals surface area (Å²) in [5.74, 6) is 1.20. The number of aromatic nitrogens is 1. The van der Waals surface area contributed by atoms with Crippen molar-refractivity contribution in [3.8, 4) is 5.75 Å². The first kappa shape index (κ1) is 44.4. The third-order valence-electron chi connectivity index (χ3n) is 12.1. The number of benzene rings is 2. The van der Waals surface area contributed by atoms with Crippen molar-refractivity contribution in [2.45, 2.75) is 136 Å². The molecule has 5 rings (SSSR count). The lowest BCUT2D eigenvalue weighted by Crippen LogP contribution is -2.57. The van der Waals surface area contributed by atoms with Gasteiger partial charge in [0.2, 0.25) is 14.3 Å². The van der Waals surface area contributed by atoms with Crippen molar-refractivity contribution >= 4 is 31.8 Å². The summed E-state index contributed by atoms with van der Waals surface area (Å²) >= 11 is 0. The predicted octanol–water partition coefficient (Wildman–Crippen LogP) is 9.98. The molecule has 12 heteroatoms. The van der Waals surface area contributed by atoms with E-state index in [1.807, 2.05) is 76.2 Å². The largest absolute Gasteiger partial charge is 0.484 e. The Morgan fingerprint density at radius 1 is 0.948 bits per heavy atom. The molecule has 1 fully saturated rings. The fourth-order valence-corrected chi connectivity index (χ4v) is 14.4. The van der Waals surface area contributed by atoms with Crippen molar-refractivity contribution in [2.24, 2.45) is 16.1 Å². The number of hydrogen-bond acceptors (Lipinski definition) is 7. The number of aryl methyl sites for hydroxylation is 1. The van der Waals surface area contributed by atoms with Crippen LogP contribution in [0.25, 0.3) is 0 Å². The number of urea groups is 1. The zero-order valence-electron chi connectivity index (χ0n) is 36.7. The molecular formula is C46H68N8O3Si. The molecule has 2 heterocycles. The van der Waals surface area contributed by atoms with Crippen LogP contribution in [0.2, 0.25) is 16.6 Å². The Morgan fingerprint density at radius 2 is 1.55 bits per heavy atom. The average molecular weight is 809 g/mol. The van der Waals surface area contributed by atoms with Gasteiger partial charge in [0, 0.05) is 30.3 Å². The van der Waals surface area contributed by atoms with Crippen LogP contribution < -0.4 is 26.6 Å². The summed E-state index contributed by atoms with van der Waals surface area (Å²) in [5.41, 5.74) is 12.0. The first-order chi connectivity index (χ1) is 27.2. The highest BCUT2D eigenvalue weighted by Crippen LogP contribution is 2.46. The molecule has 3 aromatic rings. The maximum Gasteiger partial charge on any atom is 0.320 e. The van der Waals surface area contributed by atoms with Crippen LogP contribution in [0.4, 0.5) is 10.5 Å². The van der Waals surface area contributed by atoms with Gasteiger partial charge < -0.3 is 25.1 Å². The second kappa shape index (κ2) is 18.1. The van der Waals surface area contributed by atoms with Crippen LogP contribution in [0.5, 0.6) is 5.75 Å². The fraction of sp³-hybridized carbons (Fsp3) is 0.522. The highest BCUT2D eigenvalue weighted by molar-refractivity contribution is 6.77. The van der Waals surface area contributed by atoms with Gasteiger partial charge in [-0.2, -0.15) is 0 Å². The average Bonchev–Trinajstić information content (AvgIpc) is 3.15. The normalized spacial score (nSPS) is 19.0. The molecule has 1 saturated heterocycles. The highest BCUT2D eigenvalue weighted by Gasteiger charge is 2.50. The third kappa shape index (κ3) is 10.3. The van der Waals surface area contributed by atoms with Gasteiger partial charge in [0.1, 0.15) is 23.2 Å². The number of hydrogen-bond donors (Lipinski definition) is 5. The maximum atomic E-state index is 13.6. The second-order valence-electron chi connectivity index (χ2n) is 18.4. The molecule has 6 N–H and O–H groups in total. The Morgan fingerprint density at radius 3 is 2.14 bits per heavy atom. The lowest BCUT2D eigenvalue weighted by Gasteiger charge is -2.51. The Balaban J connectivity index is 1.27. The molecule has 2 aromatic carbocycles. The molecule has 2 aliphatic rings. The topological polar surface area (TPSA) is 154 Å². The van der Waals surface area contributed by atoms with Gasteiger partial charge in [0.15, 0.2) is 0 Å². The molecule has 314 valence electrons. The number of ether oxygens (including phenoxy) is 1. The van der Waals surface area contributed by atoms with Crippen LogP contribution in [-0.2, 0) is 4.43 Å². The van der Waals surface area contributed by atoms with Gasteiger partial charge >= 0.3 is 6.03 Å². The number of likely N-dealkylation sites (tertiary alicyclic amines) is 1. The third-order valence-corrected chi connectivity index (χ3v) is 18.4. The lowest BCUT2D eigenvalue weighted by molar-refractivity contribution is 0.0168. The number of carbonyl (C=O) groups excluding carboxylic acids is 1. The minimum Gasteiger partial charge on any atom is -0.484 e. The highest BCUT2D eigenvalue weighted by atomic mass is 28.4. The first-order valence-electron chi connectivity index (χ1n) is 21.0. The number of aliphatic imine (C=N–C) groups is 1. The zero-order valence-corrected chi connectivity index (χ0v) is 37.7. The number of amides is 2. The van der Waals surface area contributed by atoms with Gasteiger partial charge in [0.25, 0.3) is 0 Å². The van der Waals surface area contributed by atoms with Gasteiger partial charge in [-0.1, -0.05) is 104 Å². The molecule has 1 aliphatic heterocycles. The van der Waals surface area contributed by atoms with Crippen molar-refractivity contribution in [1.29, 1.82) is 10.8 Å². The van der Waals surface area contributed by atoms with Gasteiger partial charge in [-0.25, -0.2) is 9.79 Å². The molecule has 0 spiro atoms. The summed E-state index contributed by atoms with van der Waals surface area (Å²) in [6.07, 6.45) is 6.17. The van der Waals surface area contributed by atoms with Crippen molar-refractivity contribution in [1.82, 2.24) is 20.1 Å². The van der Waals surface area contributed by atoms with Crippen LogP contribution in [-0.4, -0.2) is 54.3 Å². The summed E-state index contributed by atoms with van der Waals surface area (Å²) in [5, 5.41) is 24.1. The maximum absolute atomic E-state index is 13.6. The van der Waals surface area contributed by atoms with Gasteiger partial charge in [-0.05, 0) is 91.5 Å². The molecule has 0 unspecified atom stereocenters. The molecular weight excluding hydrogens is 741 g/mol. The number of rotatable bonds is 10. The van der Waals surface area contributed by atoms with Crippen molar-refractivity contribution in [3.63, 3.8) is 0 Å². The van der Waals surface area contributed by atoms with Crippen LogP contribution in [0.15, 0.2) is 83.6 Å². The molecule has 11 nitrogen and oxygen atoms in total. The van der Waals surface area contributed by atoms with Crippen molar-refractivity contribution in [3.05, 3.63) is 101 Å². The molecule has 2 atom stereocenters. The minimum absolute atomic E-state index is 0.219. The number of nitrogens with two attached hydrogens (primary N) is 1. The van der Waals surface area contributed by atoms with E-state index in [1.54, 1.807) is 29.0 Å². The number of pyridine rings is 1. The number of nitrogens with zero attached hydrogens (tertiary/aromatic N) is 3. The van der Waals surface area contributed by atoms with E-state index in [0.717, 1.165) is 29.5 Å². The van der Waals surface area contributed by atoms with Crippen LogP contribution in [0.1, 0.15) is 124 Å². The summed E-state index contributed by atoms with van der Waals surface area (Å²) in [6.45, 7) is 25.6. The standard InChI is InChI=1S/C46H68N8O3Si/c1-30(2)58(31(3)4,32(5)6)57-46(11)24-26-53(27-25-46)43(49)54-29-35(20-23-41(54)48)56-39-22-21-38(36-14-12-13-15-37(36)39)51-44(55)52-42(28-40(47)45(8,9)10)50-34-18-16-33(7)17-19-34/h12-20,23,28-32,38-39,48-49H,21-22,24-27,47H2,1-11H3,(H2,50,51,52,55)/t38-,39+/m0/s1. The molecule has 58 heavy (non-hydrogen) atoms. The van der Waals surface area contributed by atoms with Gasteiger partial charge in [-0.3, -0.25) is 20.7 Å². The number of amidine groups is 1. The number of allylic oxidation sites excluding steroid dienone is 1. The number of fused-ring (bicyclic) bond motifs is 1. The molecule has 2 amide bonds. The quantitative estimate of drug-likeness (QED) is 0.0784. The zero-order chi connectivity index (χ0) is 42.6. The molecule has 1 aromatic heterocycles. The van der Waals surface area contributed by atoms with E-state index in [9.17, 15) is 10.2 Å². The van der Waals surface area contributed by atoms with Crippen LogP contribution in [0.3, 0.4) is 0 Å². The van der Waals surface area contributed by atoms with E-state index < -0.39 is 8.32 Å². The van der Waals surface area contributed by atoms with Crippen molar-refractivity contribution < 1.29 is 14.0 Å². The first-order valence-corrected chi connectivity index (χ1v) is 23.1. The summed E-state index contributed by atoms with van der Waals surface area (Å²) < 4.78 is 15.5. The molecule has 1 aliphatic carbocycles. The summed E-state index contributed by atoms with van der Waals surface area (Å²) in [7, 11) is -2.07. The monoisotopic (exact) mass is 809 g/mol. The summed E-state index contributed by atoms with van der Waals surface area (Å²) in [4.78, 5) is 20.3. The van der Waals surface area contributed by atoms with Gasteiger partial charge in [0.05, 0.1) is 23.5 Å². The lowest BCUT2D eigenvalue weighted by atomic mass is 9.85. The number of carbonyl (C=O) groups is 1. The van der Waals surface area contributed by atoms with Crippen LogP contribution in [0, 0.1) is 23.2 Å². The Hall–Kier alpha value is -4.68. The fourth-order valence-electron chi connectivity index (χ4n) is 8.67. The molecule has 0 radical (unpaired) electrons. The molecule has 0 saturated carbocycles. The number of piperidine rings is 1. The van der Waals surface area contributed by atoms with Gasteiger partial charge in [-0.15, -0.1) is 0 Å². The Bertz CT molecular complexity index is 2020. The van der Waals surface area contributed by atoms with E-state index in [-0.39, 0.29) is 40.6 Å². The molecule has 0 bridgehead atoms. The van der Waals surface area contributed by atoms with E-state index in [0.29, 0.717) is 65.5 Å². The van der Waals surface area contributed by atoms with Crippen LogP contribution >= 0.6 is 0 Å². The smallest absolute Gasteiger partial charge is 0.320 e. The Kier molecular flexibility index (Phi) is 13.8. The summed E-state index contributed by atoms with van der Waals surface area (Å²) in [6, 6.07) is 18.7. The SMILES string of the molecule is Cc1ccc(N=C(C=C(N)C(C)(C)C)NC(=O)N[C@H]2CC[C@@H](Oc3ccc(=N)n(C(=N)N4CCC(C)(O[Si](C(C)C)(C(C)C)C(C)C)CC4)c3)c3ccccc32)cc1. The van der Waals surface area contributed by atoms with Crippen molar-refractivity contribution in [2.75, 3.05) is 13.1 Å². The van der Waals surface area contributed by atoms with E-state index in [2.05, 4.69) is 64.0 Å². The van der Waals surface area contributed by atoms with E-state index >= 15 is 0 Å². The van der Waals surface area contributed by atoms with E-state index in [1.165, 1.54) is 0 Å².